The van der Waals surface area contributed by atoms with E-state index in [1.807, 2.05) is 62.4 Å². The highest BCUT2D eigenvalue weighted by Gasteiger charge is 2.06. The molecule has 0 unspecified atom stereocenters. The number of thiocarbonyl (C=S) groups is 1. The largest absolute Gasteiger partial charge is 0.332 e. The Labute approximate surface area is 158 Å². The molecule has 1 amide bonds. The van der Waals surface area contributed by atoms with E-state index in [-0.39, 0.29) is 11.0 Å². The summed E-state index contributed by atoms with van der Waals surface area (Å²) in [5, 5.41) is 8.33. The maximum Gasteiger partial charge on any atom is 0.250 e. The predicted octanol–water partition coefficient (Wildman–Crippen LogP) is 4.98. The molecule has 0 heterocycles. The van der Waals surface area contributed by atoms with Crippen LogP contribution in [0.2, 0.25) is 0 Å². The van der Waals surface area contributed by atoms with Crippen molar-refractivity contribution in [2.24, 2.45) is 0 Å². The molecule has 26 heavy (non-hydrogen) atoms. The van der Waals surface area contributed by atoms with Crippen LogP contribution < -0.4 is 10.6 Å². The van der Waals surface area contributed by atoms with Gasteiger partial charge in [0, 0.05) is 11.8 Å². The first-order chi connectivity index (χ1) is 12.5. The average molecular weight is 360 g/mol. The van der Waals surface area contributed by atoms with E-state index in [4.69, 9.17) is 12.2 Å². The van der Waals surface area contributed by atoms with Crippen LogP contribution in [0, 0.1) is 13.8 Å². The van der Waals surface area contributed by atoms with Gasteiger partial charge < -0.3 is 5.32 Å². The Hall–Kier alpha value is -2.98. The van der Waals surface area contributed by atoms with Gasteiger partial charge in [0.1, 0.15) is 0 Å². The van der Waals surface area contributed by atoms with E-state index in [1.54, 1.807) is 6.08 Å². The van der Waals surface area contributed by atoms with Crippen LogP contribution >= 0.6 is 12.2 Å². The molecule has 0 spiro atoms. The molecule has 3 aromatic carbocycles. The Morgan fingerprint density at radius 3 is 2.35 bits per heavy atom. The van der Waals surface area contributed by atoms with Crippen LogP contribution in [0.4, 0.5) is 5.69 Å². The Kier molecular flexibility index (Phi) is 5.44. The van der Waals surface area contributed by atoms with Crippen molar-refractivity contribution in [2.45, 2.75) is 13.8 Å². The van der Waals surface area contributed by atoms with Crippen LogP contribution in [-0.2, 0) is 4.79 Å². The fourth-order valence-electron chi connectivity index (χ4n) is 2.87. The number of hydrogen-bond acceptors (Lipinski definition) is 2. The van der Waals surface area contributed by atoms with E-state index in [1.165, 1.54) is 6.08 Å². The van der Waals surface area contributed by atoms with Crippen molar-refractivity contribution in [1.29, 1.82) is 0 Å². The van der Waals surface area contributed by atoms with Gasteiger partial charge in [-0.05, 0) is 59.6 Å². The number of rotatable bonds is 3. The molecule has 3 rings (SSSR count). The van der Waals surface area contributed by atoms with E-state index in [9.17, 15) is 4.79 Å². The summed E-state index contributed by atoms with van der Waals surface area (Å²) in [4.78, 5) is 12.2. The monoisotopic (exact) mass is 360 g/mol. The second-order valence-electron chi connectivity index (χ2n) is 6.11. The Bertz CT molecular complexity index is 982. The number of amides is 1. The highest BCUT2D eigenvalue weighted by atomic mass is 32.1. The molecule has 2 N–H and O–H groups in total. The van der Waals surface area contributed by atoms with Crippen LogP contribution in [0.1, 0.15) is 16.7 Å². The summed E-state index contributed by atoms with van der Waals surface area (Å²) in [6, 6.07) is 20.1. The minimum atomic E-state index is -0.262. The highest BCUT2D eigenvalue weighted by molar-refractivity contribution is 7.80. The number of nitrogens with one attached hydrogen (secondary N) is 2. The van der Waals surface area contributed by atoms with Crippen LogP contribution in [-0.4, -0.2) is 11.0 Å². The van der Waals surface area contributed by atoms with Gasteiger partial charge in [0.2, 0.25) is 5.91 Å². The summed E-state index contributed by atoms with van der Waals surface area (Å²) in [6.07, 6.45) is 3.31. The smallest absolute Gasteiger partial charge is 0.250 e. The van der Waals surface area contributed by atoms with Crippen LogP contribution in [0.15, 0.2) is 66.7 Å². The maximum absolute atomic E-state index is 12.2. The summed E-state index contributed by atoms with van der Waals surface area (Å²) >= 11 is 5.26. The van der Waals surface area contributed by atoms with Crippen LogP contribution in [0.25, 0.3) is 16.8 Å². The van der Waals surface area contributed by atoms with Gasteiger partial charge in [-0.2, -0.15) is 0 Å². The molecule has 130 valence electrons. The molecule has 0 atom stereocenters. The van der Waals surface area contributed by atoms with Gasteiger partial charge in [0.05, 0.1) is 0 Å². The molecule has 0 saturated heterocycles. The van der Waals surface area contributed by atoms with Gasteiger partial charge in [-0.3, -0.25) is 10.1 Å². The van der Waals surface area contributed by atoms with E-state index < -0.39 is 0 Å². The van der Waals surface area contributed by atoms with Crippen molar-refractivity contribution < 1.29 is 4.79 Å². The third kappa shape index (κ3) is 4.16. The lowest BCUT2D eigenvalue weighted by Crippen LogP contribution is -2.33. The highest BCUT2D eigenvalue weighted by Crippen LogP contribution is 2.20. The van der Waals surface area contributed by atoms with Crippen LogP contribution in [0.3, 0.4) is 0 Å². The molecule has 0 bridgehead atoms. The number of para-hydroxylation sites is 1. The first kappa shape index (κ1) is 17.8. The third-order valence-corrected chi connectivity index (χ3v) is 4.40. The van der Waals surface area contributed by atoms with Gasteiger partial charge in [0.25, 0.3) is 0 Å². The molecular formula is C22H20N2OS. The van der Waals surface area contributed by atoms with Gasteiger partial charge in [0.15, 0.2) is 5.11 Å². The number of carbonyl (C=O) groups is 1. The Morgan fingerprint density at radius 1 is 0.923 bits per heavy atom. The fraction of sp³-hybridized carbons (Fsp3) is 0.0909. The van der Waals surface area contributed by atoms with E-state index in [2.05, 4.69) is 22.8 Å². The number of anilines is 1. The summed E-state index contributed by atoms with van der Waals surface area (Å²) in [6.45, 7) is 4.00. The number of benzene rings is 3. The van der Waals surface area contributed by atoms with Gasteiger partial charge in [-0.1, -0.05) is 60.7 Å². The number of aryl methyl sites for hydroxylation is 2. The Morgan fingerprint density at radius 2 is 1.58 bits per heavy atom. The molecule has 0 aliphatic heterocycles. The summed E-state index contributed by atoms with van der Waals surface area (Å²) in [5.41, 5.74) is 4.07. The lowest BCUT2D eigenvalue weighted by Gasteiger charge is -2.13. The summed E-state index contributed by atoms with van der Waals surface area (Å²) in [5.74, 6) is -0.262. The van der Waals surface area contributed by atoms with E-state index >= 15 is 0 Å². The summed E-state index contributed by atoms with van der Waals surface area (Å²) in [7, 11) is 0. The zero-order valence-corrected chi connectivity index (χ0v) is 15.6. The lowest BCUT2D eigenvalue weighted by atomic mass is 10.0. The molecule has 4 heteroatoms. The van der Waals surface area contributed by atoms with Crippen molar-refractivity contribution in [1.82, 2.24) is 5.32 Å². The molecule has 0 radical (unpaired) electrons. The minimum absolute atomic E-state index is 0.262. The molecular weight excluding hydrogens is 340 g/mol. The molecule has 3 aromatic rings. The van der Waals surface area contributed by atoms with E-state index in [0.717, 1.165) is 33.2 Å². The van der Waals surface area contributed by atoms with Crippen molar-refractivity contribution in [3.63, 3.8) is 0 Å². The zero-order chi connectivity index (χ0) is 18.5. The molecule has 0 saturated carbocycles. The minimum Gasteiger partial charge on any atom is -0.332 e. The zero-order valence-electron chi connectivity index (χ0n) is 14.7. The normalized spacial score (nSPS) is 10.8. The van der Waals surface area contributed by atoms with Crippen molar-refractivity contribution in [3.8, 4) is 0 Å². The van der Waals surface area contributed by atoms with Gasteiger partial charge in [-0.15, -0.1) is 0 Å². The summed E-state index contributed by atoms with van der Waals surface area (Å²) < 4.78 is 0. The number of fused-ring (bicyclic) bond motifs is 1. The fourth-order valence-corrected chi connectivity index (χ4v) is 3.07. The second kappa shape index (κ2) is 7.93. The number of carbonyl (C=O) groups excluding carboxylic acids is 1. The second-order valence-corrected chi connectivity index (χ2v) is 6.52. The topological polar surface area (TPSA) is 41.1 Å². The maximum atomic E-state index is 12.2. The first-order valence-electron chi connectivity index (χ1n) is 8.38. The standard InChI is InChI=1S/C22H20N2OS/c1-15-7-5-8-16(2)21(15)24-22(26)23-20(25)14-13-18-11-6-10-17-9-3-4-12-19(17)18/h3-14H,1-2H3,(H2,23,24,25,26). The third-order valence-electron chi connectivity index (χ3n) is 4.19. The lowest BCUT2D eigenvalue weighted by molar-refractivity contribution is -0.115. The van der Waals surface area contributed by atoms with E-state index in [0.29, 0.717) is 0 Å². The molecule has 0 fully saturated rings. The van der Waals surface area contributed by atoms with Crippen molar-refractivity contribution >= 4 is 45.8 Å². The van der Waals surface area contributed by atoms with Gasteiger partial charge in [-0.25, -0.2) is 0 Å². The molecule has 0 aliphatic carbocycles. The first-order valence-corrected chi connectivity index (χ1v) is 8.79. The molecule has 0 aromatic heterocycles. The van der Waals surface area contributed by atoms with Crippen LogP contribution in [0.5, 0.6) is 0 Å². The van der Waals surface area contributed by atoms with Crippen molar-refractivity contribution in [3.05, 3.63) is 83.4 Å². The molecule has 3 nitrogen and oxygen atoms in total. The molecule has 0 aliphatic rings. The predicted molar refractivity (Wildman–Crippen MR) is 113 cm³/mol. The average Bonchev–Trinajstić information content (AvgIpc) is 2.63. The van der Waals surface area contributed by atoms with Crippen molar-refractivity contribution in [2.75, 3.05) is 5.32 Å². The quantitative estimate of drug-likeness (QED) is 0.511. The number of hydrogen-bond donors (Lipinski definition) is 2. The SMILES string of the molecule is Cc1cccc(C)c1NC(=S)NC(=O)C=Cc1cccc2ccccc12. The van der Waals surface area contributed by atoms with Gasteiger partial charge >= 0.3 is 0 Å². The Balaban J connectivity index is 1.68.